The Hall–Kier alpha value is -3.47. The van der Waals surface area contributed by atoms with E-state index in [1.807, 2.05) is 24.3 Å². The lowest BCUT2D eigenvalue weighted by molar-refractivity contribution is -0.118. The van der Waals surface area contributed by atoms with E-state index in [0.29, 0.717) is 22.8 Å². The molecule has 0 saturated heterocycles. The van der Waals surface area contributed by atoms with Gasteiger partial charge in [0.25, 0.3) is 5.91 Å². The van der Waals surface area contributed by atoms with E-state index in [1.165, 1.54) is 29.8 Å². The fourth-order valence-electron chi connectivity index (χ4n) is 2.95. The first kappa shape index (κ1) is 21.2. The fraction of sp³-hybridized carbons (Fsp3) is 0.200. The third-order valence-electron chi connectivity index (χ3n) is 4.97. The second kappa shape index (κ2) is 9.83. The summed E-state index contributed by atoms with van der Waals surface area (Å²) in [5, 5.41) is 2.80. The lowest BCUT2D eigenvalue weighted by Gasteiger charge is -2.11. The number of ketones is 1. The van der Waals surface area contributed by atoms with Gasteiger partial charge in [0.1, 0.15) is 11.6 Å². The molecule has 0 bridgehead atoms. The molecule has 0 aliphatic carbocycles. The highest BCUT2D eigenvalue weighted by atomic mass is 19.1. The van der Waals surface area contributed by atoms with Crippen molar-refractivity contribution in [3.8, 4) is 5.75 Å². The number of carbonyl (C=O) groups is 2. The van der Waals surface area contributed by atoms with Gasteiger partial charge in [-0.05, 0) is 78.6 Å². The van der Waals surface area contributed by atoms with Crippen molar-refractivity contribution in [2.75, 3.05) is 11.9 Å². The summed E-state index contributed by atoms with van der Waals surface area (Å²) < 4.78 is 18.5. The number of ether oxygens (including phenoxy) is 1. The molecule has 0 heterocycles. The average Bonchev–Trinajstić information content (AvgIpc) is 2.78. The van der Waals surface area contributed by atoms with Gasteiger partial charge >= 0.3 is 0 Å². The maximum Gasteiger partial charge on any atom is 0.262 e. The Balaban J connectivity index is 1.52. The third-order valence-corrected chi connectivity index (χ3v) is 4.97. The van der Waals surface area contributed by atoms with Crippen LogP contribution in [0.4, 0.5) is 10.1 Å². The Morgan fingerprint density at radius 3 is 2.03 bits per heavy atom. The fourth-order valence-corrected chi connectivity index (χ4v) is 2.95. The predicted molar refractivity (Wildman–Crippen MR) is 116 cm³/mol. The van der Waals surface area contributed by atoms with Gasteiger partial charge in [0.05, 0.1) is 0 Å². The molecule has 0 aromatic heterocycles. The van der Waals surface area contributed by atoms with Gasteiger partial charge in [0.2, 0.25) is 0 Å². The average molecular weight is 405 g/mol. The lowest BCUT2D eigenvalue weighted by atomic mass is 9.99. The molecule has 3 aromatic rings. The van der Waals surface area contributed by atoms with E-state index in [2.05, 4.69) is 19.2 Å². The van der Waals surface area contributed by atoms with Crippen LogP contribution in [0.2, 0.25) is 0 Å². The monoisotopic (exact) mass is 405 g/mol. The van der Waals surface area contributed by atoms with Gasteiger partial charge in [-0.15, -0.1) is 0 Å². The smallest absolute Gasteiger partial charge is 0.262 e. The Kier molecular flexibility index (Phi) is 6.96. The van der Waals surface area contributed by atoms with E-state index in [9.17, 15) is 14.0 Å². The second-order valence-corrected chi connectivity index (χ2v) is 7.13. The molecule has 0 fully saturated rings. The minimum absolute atomic E-state index is 0.141. The van der Waals surface area contributed by atoms with Crippen LogP contribution in [0.3, 0.4) is 0 Å². The van der Waals surface area contributed by atoms with Crippen LogP contribution < -0.4 is 10.1 Å². The van der Waals surface area contributed by atoms with Gasteiger partial charge in [-0.2, -0.15) is 0 Å². The van der Waals surface area contributed by atoms with Gasteiger partial charge in [-0.1, -0.05) is 26.0 Å². The zero-order chi connectivity index (χ0) is 21.5. The first-order chi connectivity index (χ1) is 14.5. The van der Waals surface area contributed by atoms with Crippen molar-refractivity contribution in [2.45, 2.75) is 26.2 Å². The summed E-state index contributed by atoms with van der Waals surface area (Å²) in [6.07, 6.45) is 1.06. The Morgan fingerprint density at radius 2 is 1.47 bits per heavy atom. The molecule has 154 valence electrons. The van der Waals surface area contributed by atoms with Crippen molar-refractivity contribution >= 4 is 17.4 Å². The quantitative estimate of drug-likeness (QED) is 0.497. The third kappa shape index (κ3) is 5.54. The number of carbonyl (C=O) groups excluding carboxylic acids is 2. The summed E-state index contributed by atoms with van der Waals surface area (Å²) in [5.74, 6) is 0.0989. The summed E-state index contributed by atoms with van der Waals surface area (Å²) in [6.45, 7) is 4.17. The molecule has 0 aliphatic rings. The minimum Gasteiger partial charge on any atom is -0.484 e. The number of nitrogens with one attached hydrogen (secondary N) is 1. The molecule has 0 radical (unpaired) electrons. The number of amides is 1. The van der Waals surface area contributed by atoms with Crippen LogP contribution in [-0.2, 0) is 4.79 Å². The molecule has 0 unspecified atom stereocenters. The molecule has 3 aromatic carbocycles. The second-order valence-electron chi connectivity index (χ2n) is 7.13. The van der Waals surface area contributed by atoms with Crippen molar-refractivity contribution in [1.29, 1.82) is 0 Å². The zero-order valence-electron chi connectivity index (χ0n) is 17.0. The van der Waals surface area contributed by atoms with Crippen LogP contribution in [0.15, 0.2) is 72.8 Å². The van der Waals surface area contributed by atoms with Gasteiger partial charge in [-0.25, -0.2) is 4.39 Å². The van der Waals surface area contributed by atoms with E-state index in [0.717, 1.165) is 12.1 Å². The number of anilines is 1. The van der Waals surface area contributed by atoms with Crippen LogP contribution >= 0.6 is 0 Å². The molecule has 0 spiro atoms. The minimum atomic E-state index is -0.389. The molecular weight excluding hydrogens is 381 g/mol. The van der Waals surface area contributed by atoms with Crippen LogP contribution in [0, 0.1) is 5.82 Å². The summed E-state index contributed by atoms with van der Waals surface area (Å²) in [5.41, 5.74) is 2.82. The Labute approximate surface area is 175 Å². The number of halogens is 1. The van der Waals surface area contributed by atoms with E-state index in [4.69, 9.17) is 4.74 Å². The van der Waals surface area contributed by atoms with Crippen molar-refractivity contribution < 1.29 is 18.7 Å². The molecular formula is C25H24FNO3. The Morgan fingerprint density at radius 1 is 0.900 bits per heavy atom. The van der Waals surface area contributed by atoms with Crippen LogP contribution in [-0.4, -0.2) is 18.3 Å². The summed E-state index contributed by atoms with van der Waals surface area (Å²) >= 11 is 0. The van der Waals surface area contributed by atoms with Crippen molar-refractivity contribution in [3.05, 3.63) is 95.3 Å². The molecule has 1 atom stereocenters. The first-order valence-electron chi connectivity index (χ1n) is 9.89. The molecule has 0 aliphatic heterocycles. The van der Waals surface area contributed by atoms with Gasteiger partial charge in [-0.3, -0.25) is 9.59 Å². The van der Waals surface area contributed by atoms with Gasteiger partial charge < -0.3 is 10.1 Å². The van der Waals surface area contributed by atoms with E-state index < -0.39 is 0 Å². The number of hydrogen-bond acceptors (Lipinski definition) is 3. The molecule has 5 heteroatoms. The van der Waals surface area contributed by atoms with E-state index in [1.54, 1.807) is 24.3 Å². The lowest BCUT2D eigenvalue weighted by Crippen LogP contribution is -2.20. The zero-order valence-corrected chi connectivity index (χ0v) is 17.0. The summed E-state index contributed by atoms with van der Waals surface area (Å²) in [6, 6.07) is 19.7. The molecule has 4 nitrogen and oxygen atoms in total. The molecule has 30 heavy (non-hydrogen) atoms. The van der Waals surface area contributed by atoms with Crippen molar-refractivity contribution in [1.82, 2.24) is 0 Å². The van der Waals surface area contributed by atoms with E-state index in [-0.39, 0.29) is 24.1 Å². The van der Waals surface area contributed by atoms with Crippen LogP contribution in [0.1, 0.15) is 47.7 Å². The largest absolute Gasteiger partial charge is 0.484 e. The summed E-state index contributed by atoms with van der Waals surface area (Å²) in [4.78, 5) is 24.5. The SMILES string of the molecule is CC[C@H](C)c1ccc(NC(=O)COc2ccc(C(=O)c3ccc(F)cc3)cc2)cc1. The topological polar surface area (TPSA) is 55.4 Å². The van der Waals surface area contributed by atoms with Gasteiger partial charge in [0, 0.05) is 16.8 Å². The first-order valence-corrected chi connectivity index (χ1v) is 9.89. The maximum atomic E-state index is 13.0. The summed E-state index contributed by atoms with van der Waals surface area (Å²) in [7, 11) is 0. The highest BCUT2D eigenvalue weighted by Gasteiger charge is 2.10. The van der Waals surface area contributed by atoms with Crippen LogP contribution in [0.25, 0.3) is 0 Å². The highest BCUT2D eigenvalue weighted by molar-refractivity contribution is 6.09. The number of hydrogen-bond donors (Lipinski definition) is 1. The standard InChI is InChI=1S/C25H24FNO3/c1-3-17(2)18-6-12-22(13-7-18)27-24(28)16-30-23-14-8-20(9-15-23)25(29)19-4-10-21(26)11-5-19/h4-15,17H,3,16H2,1-2H3,(H,27,28)/t17-/m0/s1. The van der Waals surface area contributed by atoms with Crippen LogP contribution in [0.5, 0.6) is 5.75 Å². The van der Waals surface area contributed by atoms with Crippen molar-refractivity contribution in [3.63, 3.8) is 0 Å². The highest BCUT2D eigenvalue weighted by Crippen LogP contribution is 2.20. The maximum absolute atomic E-state index is 13.0. The normalized spacial score (nSPS) is 11.6. The molecule has 1 N–H and O–H groups in total. The molecule has 3 rings (SSSR count). The van der Waals surface area contributed by atoms with Gasteiger partial charge in [0.15, 0.2) is 12.4 Å². The Bertz CT molecular complexity index is 996. The number of benzene rings is 3. The number of rotatable bonds is 8. The predicted octanol–water partition coefficient (Wildman–Crippen LogP) is 5.59. The molecule has 0 saturated carbocycles. The van der Waals surface area contributed by atoms with E-state index >= 15 is 0 Å². The van der Waals surface area contributed by atoms with Crippen molar-refractivity contribution in [2.24, 2.45) is 0 Å². The molecule has 1 amide bonds.